The minimum absolute atomic E-state index is 0.0190. The topological polar surface area (TPSA) is 186 Å². The Morgan fingerprint density at radius 2 is 1.39 bits per heavy atom. The second-order valence-electron chi connectivity index (χ2n) is 5.64. The van der Waals surface area contributed by atoms with Crippen molar-refractivity contribution in [3.05, 3.63) is 36.4 Å². The molecule has 0 saturated carbocycles. The van der Waals surface area contributed by atoms with Crippen LogP contribution in [-0.4, -0.2) is 55.6 Å². The molecule has 0 unspecified atom stereocenters. The van der Waals surface area contributed by atoms with E-state index in [1.807, 2.05) is 4.72 Å². The van der Waals surface area contributed by atoms with Gasteiger partial charge in [0.05, 0.1) is 22.5 Å². The van der Waals surface area contributed by atoms with Crippen LogP contribution >= 0.6 is 0 Å². The number of aromatic nitrogens is 3. The third kappa shape index (κ3) is 4.28. The molecule has 0 spiro atoms. The molecule has 0 radical (unpaired) electrons. The number of rotatable bonds is 5. The lowest BCUT2D eigenvalue weighted by atomic mass is 10.3. The standard InChI is InChI=1S/C13H12N4O8S3/c1-26(18,19)16-12-6-10-11(7-13(12)28(23,24)25)15-17(14-10)8-2-4-9(5-3-8)27(20,21)22/h2-7,16H,1H3,(H,20,21,22)(H,23,24,25). The van der Waals surface area contributed by atoms with E-state index in [1.165, 1.54) is 12.1 Å². The highest BCUT2D eigenvalue weighted by Crippen LogP contribution is 2.27. The predicted octanol–water partition coefficient (Wildman–Crippen LogP) is 0.285. The van der Waals surface area contributed by atoms with Crippen molar-refractivity contribution in [2.75, 3.05) is 11.0 Å². The molecular formula is C13H12N4O8S3. The molecule has 0 bridgehead atoms. The maximum atomic E-state index is 11.6. The molecule has 0 aliphatic carbocycles. The predicted molar refractivity (Wildman–Crippen MR) is 97.0 cm³/mol. The molecular weight excluding hydrogens is 436 g/mol. The van der Waals surface area contributed by atoms with Crippen LogP contribution in [0.3, 0.4) is 0 Å². The molecule has 28 heavy (non-hydrogen) atoms. The number of anilines is 1. The summed E-state index contributed by atoms with van der Waals surface area (Å²) in [7, 11) is -13.0. The average molecular weight is 448 g/mol. The maximum Gasteiger partial charge on any atom is 0.296 e. The summed E-state index contributed by atoms with van der Waals surface area (Å²) in [6, 6.07) is 6.82. The van der Waals surface area contributed by atoms with Gasteiger partial charge >= 0.3 is 0 Å². The molecule has 15 heteroatoms. The second-order valence-corrected chi connectivity index (χ2v) is 10.2. The molecule has 0 aliphatic heterocycles. The number of hydrogen-bond acceptors (Lipinski definition) is 8. The maximum absolute atomic E-state index is 11.6. The van der Waals surface area contributed by atoms with Gasteiger partial charge in [0.2, 0.25) is 10.0 Å². The number of sulfonamides is 1. The minimum Gasteiger partial charge on any atom is -0.282 e. The highest BCUT2D eigenvalue weighted by atomic mass is 32.2. The molecule has 0 aliphatic rings. The van der Waals surface area contributed by atoms with Gasteiger partial charge in [-0.25, -0.2) is 8.42 Å². The van der Waals surface area contributed by atoms with Crippen molar-refractivity contribution < 1.29 is 34.4 Å². The van der Waals surface area contributed by atoms with Crippen LogP contribution in [0, 0.1) is 0 Å². The fraction of sp³-hybridized carbons (Fsp3) is 0.0769. The van der Waals surface area contributed by atoms with E-state index in [2.05, 4.69) is 10.2 Å². The van der Waals surface area contributed by atoms with Crippen molar-refractivity contribution in [2.45, 2.75) is 9.79 Å². The van der Waals surface area contributed by atoms with Gasteiger partial charge in [-0.15, -0.1) is 10.2 Å². The first-order chi connectivity index (χ1) is 12.7. The lowest BCUT2D eigenvalue weighted by Crippen LogP contribution is -2.13. The summed E-state index contributed by atoms with van der Waals surface area (Å²) in [6.07, 6.45) is 0.804. The molecule has 0 atom stereocenters. The Morgan fingerprint density at radius 1 is 0.857 bits per heavy atom. The van der Waals surface area contributed by atoms with Gasteiger partial charge in [-0.2, -0.15) is 21.6 Å². The van der Waals surface area contributed by atoms with Crippen LogP contribution < -0.4 is 4.72 Å². The summed E-state index contributed by atoms with van der Waals surface area (Å²) in [4.78, 5) is -0.0170. The van der Waals surface area contributed by atoms with Crippen LogP contribution in [0.2, 0.25) is 0 Å². The molecule has 1 heterocycles. The van der Waals surface area contributed by atoms with E-state index in [0.29, 0.717) is 0 Å². The lowest BCUT2D eigenvalue weighted by Gasteiger charge is -2.07. The zero-order valence-corrected chi connectivity index (χ0v) is 16.3. The molecule has 3 aromatic rings. The second kappa shape index (κ2) is 6.49. The highest BCUT2D eigenvalue weighted by molar-refractivity contribution is 7.92. The molecule has 12 nitrogen and oxygen atoms in total. The van der Waals surface area contributed by atoms with Crippen LogP contribution in [0.15, 0.2) is 46.2 Å². The number of nitrogens with zero attached hydrogens (tertiary/aromatic N) is 3. The van der Waals surface area contributed by atoms with Crippen LogP contribution in [0.1, 0.15) is 0 Å². The highest BCUT2D eigenvalue weighted by Gasteiger charge is 2.21. The summed E-state index contributed by atoms with van der Waals surface area (Å²) < 4.78 is 88.6. The quantitative estimate of drug-likeness (QED) is 0.458. The van der Waals surface area contributed by atoms with Crippen molar-refractivity contribution in [3.63, 3.8) is 0 Å². The molecule has 150 valence electrons. The Morgan fingerprint density at radius 3 is 1.86 bits per heavy atom. The van der Waals surface area contributed by atoms with Gasteiger partial charge in [0.1, 0.15) is 15.9 Å². The molecule has 0 fully saturated rings. The first-order valence-electron chi connectivity index (χ1n) is 7.18. The molecule has 3 rings (SSSR count). The summed E-state index contributed by atoms with van der Waals surface area (Å²) in [5.41, 5.74) is -0.0242. The minimum atomic E-state index is -4.77. The van der Waals surface area contributed by atoms with E-state index in [4.69, 9.17) is 4.55 Å². The first kappa shape index (κ1) is 20.2. The van der Waals surface area contributed by atoms with Gasteiger partial charge < -0.3 is 0 Å². The number of benzene rings is 2. The SMILES string of the molecule is CS(=O)(=O)Nc1cc2nn(-c3ccc(S(=O)(=O)O)cc3)nc2cc1S(=O)(=O)O. The Hall–Kier alpha value is -2.59. The van der Waals surface area contributed by atoms with Gasteiger partial charge in [0.25, 0.3) is 20.2 Å². The van der Waals surface area contributed by atoms with Crippen LogP contribution in [-0.2, 0) is 30.3 Å². The molecule has 3 N–H and O–H groups in total. The summed E-state index contributed by atoms with van der Waals surface area (Å²) in [5.74, 6) is 0. The van der Waals surface area contributed by atoms with E-state index in [0.717, 1.165) is 35.3 Å². The monoisotopic (exact) mass is 448 g/mol. The number of fused-ring (bicyclic) bond motifs is 1. The van der Waals surface area contributed by atoms with Gasteiger partial charge in [0.15, 0.2) is 0 Å². The molecule has 1 aromatic heterocycles. The van der Waals surface area contributed by atoms with Crippen molar-refractivity contribution in [1.29, 1.82) is 0 Å². The van der Waals surface area contributed by atoms with E-state index in [-0.39, 0.29) is 21.6 Å². The number of hydrogen-bond donors (Lipinski definition) is 3. The average Bonchev–Trinajstić information content (AvgIpc) is 2.94. The van der Waals surface area contributed by atoms with Crippen molar-refractivity contribution in [2.24, 2.45) is 0 Å². The van der Waals surface area contributed by atoms with E-state index in [1.54, 1.807) is 0 Å². The van der Waals surface area contributed by atoms with Gasteiger partial charge in [0, 0.05) is 0 Å². The molecule has 0 amide bonds. The third-order valence-corrected chi connectivity index (χ3v) is 5.77. The lowest BCUT2D eigenvalue weighted by molar-refractivity contribution is 0.481. The van der Waals surface area contributed by atoms with Crippen molar-refractivity contribution in [3.8, 4) is 5.69 Å². The van der Waals surface area contributed by atoms with Crippen molar-refractivity contribution in [1.82, 2.24) is 15.0 Å². The Kier molecular flexibility index (Phi) is 4.67. The van der Waals surface area contributed by atoms with E-state index < -0.39 is 40.8 Å². The smallest absolute Gasteiger partial charge is 0.282 e. The van der Waals surface area contributed by atoms with Crippen molar-refractivity contribution >= 4 is 47.0 Å². The zero-order chi connectivity index (χ0) is 20.9. The van der Waals surface area contributed by atoms with Crippen LogP contribution in [0.25, 0.3) is 16.7 Å². The van der Waals surface area contributed by atoms with Gasteiger partial charge in [-0.3, -0.25) is 13.8 Å². The van der Waals surface area contributed by atoms with Crippen LogP contribution in [0.5, 0.6) is 0 Å². The third-order valence-electron chi connectivity index (χ3n) is 3.42. The Labute approximate surface area is 159 Å². The summed E-state index contributed by atoms with van der Waals surface area (Å²) in [6.45, 7) is 0. The van der Waals surface area contributed by atoms with Gasteiger partial charge in [-0.1, -0.05) is 0 Å². The number of nitrogens with one attached hydrogen (secondary N) is 1. The largest absolute Gasteiger partial charge is 0.296 e. The fourth-order valence-electron chi connectivity index (χ4n) is 2.30. The Bertz CT molecular complexity index is 1390. The normalized spacial score (nSPS) is 13.0. The van der Waals surface area contributed by atoms with E-state index >= 15 is 0 Å². The van der Waals surface area contributed by atoms with E-state index in [9.17, 15) is 29.8 Å². The molecule has 2 aromatic carbocycles. The summed E-state index contributed by atoms with van der Waals surface area (Å²) >= 11 is 0. The first-order valence-corrected chi connectivity index (χ1v) is 12.0. The fourth-order valence-corrected chi connectivity index (χ4v) is 4.07. The zero-order valence-electron chi connectivity index (χ0n) is 13.9. The Balaban J connectivity index is 2.16. The van der Waals surface area contributed by atoms with Gasteiger partial charge in [-0.05, 0) is 36.4 Å². The molecule has 0 saturated heterocycles. The summed E-state index contributed by atoms with van der Waals surface area (Å²) in [5, 5.41) is 8.10. The van der Waals surface area contributed by atoms with Crippen LogP contribution in [0.4, 0.5) is 5.69 Å².